The van der Waals surface area contributed by atoms with Gasteiger partial charge in [-0.05, 0) is 36.4 Å². The van der Waals surface area contributed by atoms with Crippen LogP contribution in [-0.2, 0) is 13.1 Å². The number of hydrogen-bond donors (Lipinski definition) is 1. The largest absolute Gasteiger partial charge is 0.318 e. The standard InChI is InChI=1S/C16H16N4/c1-2-9-19-14(5-1)11-18-13-16-7-4-10-20(16)15-6-3-8-17-12-15/h1-10,12,18H,11,13H2. The molecule has 0 radical (unpaired) electrons. The molecule has 0 aromatic carbocycles. The lowest BCUT2D eigenvalue weighted by molar-refractivity contribution is 0.658. The Balaban J connectivity index is 1.66. The van der Waals surface area contributed by atoms with Crippen LogP contribution in [-0.4, -0.2) is 14.5 Å². The first-order valence-corrected chi connectivity index (χ1v) is 6.61. The Kier molecular flexibility index (Phi) is 3.85. The van der Waals surface area contributed by atoms with Crippen molar-refractivity contribution in [3.05, 3.63) is 78.6 Å². The molecule has 100 valence electrons. The van der Waals surface area contributed by atoms with E-state index in [-0.39, 0.29) is 0 Å². The van der Waals surface area contributed by atoms with E-state index in [9.17, 15) is 0 Å². The number of hydrogen-bond acceptors (Lipinski definition) is 3. The zero-order chi connectivity index (χ0) is 13.6. The summed E-state index contributed by atoms with van der Waals surface area (Å²) >= 11 is 0. The van der Waals surface area contributed by atoms with Gasteiger partial charge in [0.25, 0.3) is 0 Å². The summed E-state index contributed by atoms with van der Waals surface area (Å²) in [6, 6.07) is 14.1. The Labute approximate surface area is 118 Å². The normalized spacial score (nSPS) is 10.6. The predicted molar refractivity (Wildman–Crippen MR) is 78.3 cm³/mol. The highest BCUT2D eigenvalue weighted by Crippen LogP contribution is 2.11. The van der Waals surface area contributed by atoms with Gasteiger partial charge < -0.3 is 9.88 Å². The minimum atomic E-state index is 0.763. The average Bonchev–Trinajstić information content (AvgIpc) is 2.98. The van der Waals surface area contributed by atoms with Gasteiger partial charge in [0.05, 0.1) is 17.6 Å². The summed E-state index contributed by atoms with van der Waals surface area (Å²) < 4.78 is 2.14. The van der Waals surface area contributed by atoms with Crippen LogP contribution in [0.2, 0.25) is 0 Å². The van der Waals surface area contributed by atoms with E-state index in [1.807, 2.05) is 42.7 Å². The first-order chi connectivity index (χ1) is 9.93. The van der Waals surface area contributed by atoms with Gasteiger partial charge in [0.15, 0.2) is 0 Å². The van der Waals surface area contributed by atoms with Crippen LogP contribution < -0.4 is 5.32 Å². The second-order valence-electron chi connectivity index (χ2n) is 4.51. The van der Waals surface area contributed by atoms with E-state index in [1.165, 1.54) is 5.69 Å². The van der Waals surface area contributed by atoms with Crippen LogP contribution in [0.1, 0.15) is 11.4 Å². The second kappa shape index (κ2) is 6.12. The minimum absolute atomic E-state index is 0.763. The average molecular weight is 264 g/mol. The van der Waals surface area contributed by atoms with Crippen molar-refractivity contribution >= 4 is 0 Å². The Morgan fingerprint density at radius 3 is 2.75 bits per heavy atom. The molecule has 0 aliphatic heterocycles. The van der Waals surface area contributed by atoms with E-state index in [2.05, 4.69) is 38.2 Å². The maximum absolute atomic E-state index is 4.30. The van der Waals surface area contributed by atoms with Gasteiger partial charge in [0, 0.05) is 37.4 Å². The fraction of sp³-hybridized carbons (Fsp3) is 0.125. The van der Waals surface area contributed by atoms with E-state index < -0.39 is 0 Å². The van der Waals surface area contributed by atoms with Gasteiger partial charge in [-0.1, -0.05) is 6.07 Å². The monoisotopic (exact) mass is 264 g/mol. The third-order valence-corrected chi connectivity index (χ3v) is 3.10. The lowest BCUT2D eigenvalue weighted by Gasteiger charge is -2.09. The second-order valence-corrected chi connectivity index (χ2v) is 4.51. The van der Waals surface area contributed by atoms with Crippen molar-refractivity contribution in [3.8, 4) is 5.69 Å². The summed E-state index contributed by atoms with van der Waals surface area (Å²) in [6.45, 7) is 1.55. The Bertz CT molecular complexity index is 647. The molecule has 0 fully saturated rings. The summed E-state index contributed by atoms with van der Waals surface area (Å²) in [7, 11) is 0. The first kappa shape index (κ1) is 12.6. The van der Waals surface area contributed by atoms with Crippen molar-refractivity contribution in [1.82, 2.24) is 19.9 Å². The third-order valence-electron chi connectivity index (χ3n) is 3.10. The van der Waals surface area contributed by atoms with Crippen LogP contribution in [0.5, 0.6) is 0 Å². The Hall–Kier alpha value is -2.46. The molecule has 0 aliphatic rings. The fourth-order valence-corrected chi connectivity index (χ4v) is 2.13. The zero-order valence-electron chi connectivity index (χ0n) is 11.1. The molecule has 0 saturated heterocycles. The van der Waals surface area contributed by atoms with E-state index in [4.69, 9.17) is 0 Å². The van der Waals surface area contributed by atoms with Crippen molar-refractivity contribution in [2.24, 2.45) is 0 Å². The summed E-state index contributed by atoms with van der Waals surface area (Å²) in [6.07, 6.45) is 7.51. The smallest absolute Gasteiger partial charge is 0.0636 e. The van der Waals surface area contributed by atoms with E-state index in [1.54, 1.807) is 6.20 Å². The third kappa shape index (κ3) is 2.92. The topological polar surface area (TPSA) is 42.7 Å². The molecule has 0 amide bonds. The van der Waals surface area contributed by atoms with Gasteiger partial charge in [-0.15, -0.1) is 0 Å². The SMILES string of the molecule is c1ccc(CNCc2cccn2-c2cccnc2)nc1. The van der Waals surface area contributed by atoms with E-state index in [0.29, 0.717) is 0 Å². The summed E-state index contributed by atoms with van der Waals surface area (Å²) in [4.78, 5) is 8.46. The van der Waals surface area contributed by atoms with Crippen molar-refractivity contribution in [1.29, 1.82) is 0 Å². The lowest BCUT2D eigenvalue weighted by atomic mass is 10.3. The summed E-state index contributed by atoms with van der Waals surface area (Å²) in [5, 5.41) is 3.41. The molecular weight excluding hydrogens is 248 g/mol. The number of nitrogens with zero attached hydrogens (tertiary/aromatic N) is 3. The van der Waals surface area contributed by atoms with Crippen molar-refractivity contribution in [2.45, 2.75) is 13.1 Å². The van der Waals surface area contributed by atoms with E-state index in [0.717, 1.165) is 24.5 Å². The molecular formula is C16H16N4. The van der Waals surface area contributed by atoms with Crippen molar-refractivity contribution < 1.29 is 0 Å². The zero-order valence-corrected chi connectivity index (χ0v) is 11.1. The fourth-order valence-electron chi connectivity index (χ4n) is 2.13. The Morgan fingerprint density at radius 1 is 0.950 bits per heavy atom. The molecule has 0 atom stereocenters. The predicted octanol–water partition coefficient (Wildman–Crippen LogP) is 2.56. The van der Waals surface area contributed by atoms with Crippen LogP contribution in [0.3, 0.4) is 0 Å². The Morgan fingerprint density at radius 2 is 1.95 bits per heavy atom. The van der Waals surface area contributed by atoms with Gasteiger partial charge in [-0.2, -0.15) is 0 Å². The van der Waals surface area contributed by atoms with Crippen LogP contribution in [0.4, 0.5) is 0 Å². The molecule has 0 aliphatic carbocycles. The number of pyridine rings is 2. The maximum atomic E-state index is 4.30. The molecule has 3 aromatic rings. The summed E-state index contributed by atoms with van der Waals surface area (Å²) in [5.41, 5.74) is 3.33. The van der Waals surface area contributed by atoms with Gasteiger partial charge in [-0.3, -0.25) is 9.97 Å². The highest BCUT2D eigenvalue weighted by Gasteiger charge is 2.03. The number of rotatable bonds is 5. The number of nitrogens with one attached hydrogen (secondary N) is 1. The molecule has 0 saturated carbocycles. The molecule has 3 heterocycles. The number of aromatic nitrogens is 3. The van der Waals surface area contributed by atoms with Crippen LogP contribution in [0.25, 0.3) is 5.69 Å². The molecule has 20 heavy (non-hydrogen) atoms. The van der Waals surface area contributed by atoms with Gasteiger partial charge in [0.2, 0.25) is 0 Å². The molecule has 3 rings (SSSR count). The molecule has 0 bridgehead atoms. The van der Waals surface area contributed by atoms with Crippen LogP contribution in [0.15, 0.2) is 67.3 Å². The quantitative estimate of drug-likeness (QED) is 0.770. The molecule has 1 N–H and O–H groups in total. The highest BCUT2D eigenvalue weighted by molar-refractivity contribution is 5.31. The minimum Gasteiger partial charge on any atom is -0.318 e. The molecule has 4 heteroatoms. The molecule has 0 unspecified atom stereocenters. The van der Waals surface area contributed by atoms with Gasteiger partial charge in [-0.25, -0.2) is 0 Å². The van der Waals surface area contributed by atoms with Gasteiger partial charge in [0.1, 0.15) is 0 Å². The van der Waals surface area contributed by atoms with Gasteiger partial charge >= 0.3 is 0 Å². The maximum Gasteiger partial charge on any atom is 0.0636 e. The van der Waals surface area contributed by atoms with E-state index >= 15 is 0 Å². The molecule has 3 aromatic heterocycles. The lowest BCUT2D eigenvalue weighted by Crippen LogP contribution is -2.15. The molecule has 0 spiro atoms. The van der Waals surface area contributed by atoms with Crippen LogP contribution >= 0.6 is 0 Å². The first-order valence-electron chi connectivity index (χ1n) is 6.61. The molecule has 4 nitrogen and oxygen atoms in total. The van der Waals surface area contributed by atoms with Crippen LogP contribution in [0, 0.1) is 0 Å². The van der Waals surface area contributed by atoms with Crippen molar-refractivity contribution in [2.75, 3.05) is 0 Å². The highest BCUT2D eigenvalue weighted by atomic mass is 15.0. The summed E-state index contributed by atoms with van der Waals surface area (Å²) in [5.74, 6) is 0. The van der Waals surface area contributed by atoms with Crippen molar-refractivity contribution in [3.63, 3.8) is 0 Å².